The Balaban J connectivity index is 2.14. The molecule has 1 aliphatic heterocycles. The van der Waals surface area contributed by atoms with E-state index in [4.69, 9.17) is 9.47 Å². The summed E-state index contributed by atoms with van der Waals surface area (Å²) in [5.41, 5.74) is -0.0144. The minimum absolute atomic E-state index is 0.130. The molecule has 2 aromatic rings. The fourth-order valence-corrected chi connectivity index (χ4v) is 4.70. The Hall–Kier alpha value is -2.80. The van der Waals surface area contributed by atoms with Crippen LogP contribution in [0.5, 0.6) is 11.5 Å². The summed E-state index contributed by atoms with van der Waals surface area (Å²) >= 11 is 0. The van der Waals surface area contributed by atoms with Gasteiger partial charge in [0, 0.05) is 38.8 Å². The van der Waals surface area contributed by atoms with Crippen LogP contribution in [-0.2, 0) is 14.8 Å². The molecule has 0 saturated carbocycles. The third kappa shape index (κ3) is 6.90. The van der Waals surface area contributed by atoms with Gasteiger partial charge in [-0.15, -0.1) is 0 Å². The van der Waals surface area contributed by atoms with E-state index in [2.05, 4.69) is 9.62 Å². The van der Waals surface area contributed by atoms with Gasteiger partial charge in [-0.2, -0.15) is 0 Å². The molecular weight excluding hydrogens is 496 g/mol. The number of rotatable bonds is 12. The number of benzene rings is 2. The van der Waals surface area contributed by atoms with Crippen molar-refractivity contribution < 1.29 is 36.6 Å². The van der Waals surface area contributed by atoms with Crippen molar-refractivity contribution >= 4 is 21.7 Å². The molecule has 2 aromatic carbocycles. The molecule has 1 aliphatic rings. The Morgan fingerprint density at radius 3 is 2.50 bits per heavy atom. The highest BCUT2D eigenvalue weighted by molar-refractivity contribution is 7.89. The summed E-state index contributed by atoms with van der Waals surface area (Å²) in [7, 11) is -3.00. The number of nitrogens with one attached hydrogen (secondary N) is 1. The number of halogens is 2. The molecule has 198 valence electrons. The van der Waals surface area contributed by atoms with E-state index in [9.17, 15) is 27.1 Å². The quantitative estimate of drug-likeness (QED) is 0.433. The highest BCUT2D eigenvalue weighted by Crippen LogP contribution is 2.40. The van der Waals surface area contributed by atoms with Gasteiger partial charge in [-0.1, -0.05) is 13.3 Å². The molecule has 0 aliphatic carbocycles. The Bertz CT molecular complexity index is 1170. The minimum atomic E-state index is -4.19. The van der Waals surface area contributed by atoms with E-state index in [0.717, 1.165) is 44.1 Å². The molecule has 0 aromatic heterocycles. The molecule has 1 saturated heterocycles. The molecule has 0 spiro atoms. The van der Waals surface area contributed by atoms with E-state index in [1.54, 1.807) is 0 Å². The Morgan fingerprint density at radius 2 is 1.89 bits per heavy atom. The fourth-order valence-electron chi connectivity index (χ4n) is 3.80. The summed E-state index contributed by atoms with van der Waals surface area (Å²) in [6, 6.07) is 5.20. The molecule has 9 nitrogen and oxygen atoms in total. The Kier molecular flexibility index (Phi) is 9.60. The number of hydrogen-bond donors (Lipinski definition) is 2. The zero-order valence-corrected chi connectivity index (χ0v) is 21.1. The van der Waals surface area contributed by atoms with E-state index in [-0.39, 0.29) is 22.7 Å². The van der Waals surface area contributed by atoms with E-state index < -0.39 is 32.5 Å². The molecular formula is C24H31F2N3O6S. The maximum absolute atomic E-state index is 13.9. The van der Waals surface area contributed by atoms with Gasteiger partial charge in [-0.05, 0) is 37.7 Å². The van der Waals surface area contributed by atoms with Crippen molar-refractivity contribution in [3.63, 3.8) is 0 Å². The highest BCUT2D eigenvalue weighted by Gasteiger charge is 2.28. The van der Waals surface area contributed by atoms with Crippen LogP contribution >= 0.6 is 0 Å². The van der Waals surface area contributed by atoms with E-state index in [1.807, 2.05) is 11.8 Å². The van der Waals surface area contributed by atoms with Crippen LogP contribution in [0, 0.1) is 11.6 Å². The van der Waals surface area contributed by atoms with Crippen LogP contribution in [0.4, 0.5) is 14.5 Å². The highest BCUT2D eigenvalue weighted by atomic mass is 32.2. The van der Waals surface area contributed by atoms with Crippen molar-refractivity contribution in [1.82, 2.24) is 9.62 Å². The average molecular weight is 528 g/mol. The van der Waals surface area contributed by atoms with Crippen molar-refractivity contribution in [3.05, 3.63) is 47.5 Å². The molecule has 2 N–H and O–H groups in total. The van der Waals surface area contributed by atoms with Gasteiger partial charge in [0.1, 0.15) is 10.6 Å². The first-order chi connectivity index (χ1) is 17.2. The molecule has 0 unspecified atom stereocenters. The molecule has 0 amide bonds. The van der Waals surface area contributed by atoms with Crippen LogP contribution in [0.2, 0.25) is 0 Å². The van der Waals surface area contributed by atoms with Gasteiger partial charge in [0.2, 0.25) is 10.0 Å². The Morgan fingerprint density at radius 1 is 1.17 bits per heavy atom. The number of nitrogens with zero attached hydrogens (tertiary/aromatic N) is 2. The molecule has 1 heterocycles. The summed E-state index contributed by atoms with van der Waals surface area (Å²) in [6.07, 6.45) is 1.59. The number of morpholine rings is 1. The average Bonchev–Trinajstić information content (AvgIpc) is 2.87. The number of sulfonamides is 1. The molecule has 1 fully saturated rings. The first-order valence-electron chi connectivity index (χ1n) is 11.7. The molecule has 0 radical (unpaired) electrons. The standard InChI is InChI=1S/C24H31F2N3O6S/c1-3-4-7-29(9-8-28-10-12-34-13-11-28)21-14-17(24(30)31)15-22(36(32,33)27-2)23(21)35-18-5-6-19(25)20(26)16-18/h5-6,14-16,27H,3-4,7-13H2,1-2H3,(H,30,31). The number of carboxylic acid groups (broad SMARTS) is 1. The lowest BCUT2D eigenvalue weighted by atomic mass is 10.1. The normalized spacial score (nSPS) is 14.6. The topological polar surface area (TPSA) is 108 Å². The molecule has 36 heavy (non-hydrogen) atoms. The number of anilines is 1. The van der Waals surface area contributed by atoms with Crippen molar-refractivity contribution in [1.29, 1.82) is 0 Å². The van der Waals surface area contributed by atoms with Crippen LogP contribution < -0.4 is 14.4 Å². The van der Waals surface area contributed by atoms with Gasteiger partial charge in [0.25, 0.3) is 0 Å². The number of carbonyl (C=O) groups is 1. The maximum Gasteiger partial charge on any atom is 0.335 e. The van der Waals surface area contributed by atoms with Gasteiger partial charge in [0.05, 0.1) is 24.5 Å². The summed E-state index contributed by atoms with van der Waals surface area (Å²) in [4.78, 5) is 15.6. The van der Waals surface area contributed by atoms with Crippen molar-refractivity contribution in [2.24, 2.45) is 0 Å². The Labute approximate surface area is 209 Å². The maximum atomic E-state index is 13.9. The van der Waals surface area contributed by atoms with E-state index >= 15 is 0 Å². The van der Waals surface area contributed by atoms with E-state index in [1.165, 1.54) is 19.2 Å². The van der Waals surface area contributed by atoms with Gasteiger partial charge in [-0.25, -0.2) is 26.7 Å². The van der Waals surface area contributed by atoms with Crippen molar-refractivity contribution in [3.8, 4) is 11.5 Å². The van der Waals surface area contributed by atoms with Crippen LogP contribution in [0.25, 0.3) is 0 Å². The second-order valence-electron chi connectivity index (χ2n) is 8.31. The molecule has 0 bridgehead atoms. The van der Waals surface area contributed by atoms with Crippen LogP contribution in [-0.4, -0.2) is 77.4 Å². The number of carboxylic acids is 1. The summed E-state index contributed by atoms with van der Waals surface area (Å²) in [6.45, 7) is 6.29. The van der Waals surface area contributed by atoms with Crippen molar-refractivity contribution in [2.45, 2.75) is 24.7 Å². The predicted molar refractivity (Wildman–Crippen MR) is 130 cm³/mol. The van der Waals surface area contributed by atoms with Gasteiger partial charge >= 0.3 is 5.97 Å². The molecule has 3 rings (SSSR count). The largest absolute Gasteiger partial charge is 0.478 e. The first-order valence-corrected chi connectivity index (χ1v) is 13.2. The predicted octanol–water partition coefficient (Wildman–Crippen LogP) is 3.30. The summed E-state index contributed by atoms with van der Waals surface area (Å²) in [5.74, 6) is -3.86. The number of hydrogen-bond acceptors (Lipinski definition) is 7. The van der Waals surface area contributed by atoms with E-state index in [0.29, 0.717) is 32.8 Å². The fraction of sp³-hybridized carbons (Fsp3) is 0.458. The third-order valence-corrected chi connectivity index (χ3v) is 7.28. The second-order valence-corrected chi connectivity index (χ2v) is 10.2. The van der Waals surface area contributed by atoms with Gasteiger partial charge in [0.15, 0.2) is 17.4 Å². The first kappa shape index (κ1) is 27.8. The lowest BCUT2D eigenvalue weighted by molar-refractivity contribution is 0.0391. The monoisotopic (exact) mass is 527 g/mol. The second kappa shape index (κ2) is 12.4. The van der Waals surface area contributed by atoms with Crippen LogP contribution in [0.3, 0.4) is 0 Å². The van der Waals surface area contributed by atoms with Gasteiger partial charge in [-0.3, -0.25) is 4.90 Å². The van der Waals surface area contributed by atoms with Crippen LogP contribution in [0.15, 0.2) is 35.2 Å². The zero-order valence-electron chi connectivity index (χ0n) is 20.3. The van der Waals surface area contributed by atoms with Crippen molar-refractivity contribution in [2.75, 3.05) is 57.9 Å². The lowest BCUT2D eigenvalue weighted by Crippen LogP contribution is -2.42. The third-order valence-electron chi connectivity index (χ3n) is 5.86. The van der Waals surface area contributed by atoms with Crippen LogP contribution in [0.1, 0.15) is 30.1 Å². The molecule has 12 heteroatoms. The smallest absolute Gasteiger partial charge is 0.335 e. The summed E-state index contributed by atoms with van der Waals surface area (Å²) in [5, 5.41) is 9.72. The SMILES string of the molecule is CCCCN(CCN1CCOCC1)c1cc(C(=O)O)cc(S(=O)(=O)NC)c1Oc1ccc(F)c(F)c1. The summed E-state index contributed by atoms with van der Waals surface area (Å²) < 4.78 is 66.7. The minimum Gasteiger partial charge on any atom is -0.478 e. The van der Waals surface area contributed by atoms with Gasteiger partial charge < -0.3 is 19.5 Å². The molecule has 0 atom stereocenters. The number of aromatic carboxylic acids is 1. The zero-order chi connectivity index (χ0) is 26.3. The number of ether oxygens (including phenoxy) is 2. The number of unbranched alkanes of at least 4 members (excludes halogenated alkanes) is 1. The lowest BCUT2D eigenvalue weighted by Gasteiger charge is -2.32.